The molecule has 0 bridgehead atoms. The van der Waals surface area contributed by atoms with Gasteiger partial charge < -0.3 is 10.2 Å². The van der Waals surface area contributed by atoms with Crippen molar-refractivity contribution >= 4 is 21.6 Å². The minimum atomic E-state index is -3.66. The molecule has 2 aromatic carbocycles. The average Bonchev–Trinajstić information content (AvgIpc) is 3.18. The number of benzene rings is 2. The second-order valence-electron chi connectivity index (χ2n) is 6.87. The molecule has 1 N–H and O–H groups in total. The Morgan fingerprint density at radius 2 is 1.78 bits per heavy atom. The molecule has 144 valence electrons. The number of nitrogens with one attached hydrogen (secondary N) is 1. The van der Waals surface area contributed by atoms with Crippen LogP contribution in [0.3, 0.4) is 0 Å². The van der Waals surface area contributed by atoms with Crippen LogP contribution < -0.4 is 10.2 Å². The van der Waals surface area contributed by atoms with Crippen LogP contribution in [-0.2, 0) is 21.4 Å². The van der Waals surface area contributed by atoms with Crippen LogP contribution in [0.25, 0.3) is 0 Å². The molecule has 0 radical (unpaired) electrons. The predicted molar refractivity (Wildman–Crippen MR) is 106 cm³/mol. The average molecular weight is 388 g/mol. The summed E-state index contributed by atoms with van der Waals surface area (Å²) < 4.78 is 27.1. The monoisotopic (exact) mass is 387 g/mol. The fourth-order valence-electron chi connectivity index (χ4n) is 3.24. The smallest absolute Gasteiger partial charge is 0.243 e. The first-order valence-corrected chi connectivity index (χ1v) is 10.4. The molecule has 1 atom stereocenters. The Morgan fingerprint density at radius 1 is 1.11 bits per heavy atom. The number of nitrogens with zero attached hydrogens (tertiary/aromatic N) is 2. The molecular weight excluding hydrogens is 362 g/mol. The second-order valence-corrected chi connectivity index (χ2v) is 8.76. The summed E-state index contributed by atoms with van der Waals surface area (Å²) in [5, 5.41) is 2.88. The van der Waals surface area contributed by atoms with E-state index in [-0.39, 0.29) is 10.8 Å². The van der Waals surface area contributed by atoms with Crippen molar-refractivity contribution in [3.63, 3.8) is 0 Å². The van der Waals surface area contributed by atoms with Crippen LogP contribution in [0.2, 0.25) is 0 Å². The van der Waals surface area contributed by atoms with E-state index in [0.29, 0.717) is 25.9 Å². The van der Waals surface area contributed by atoms with Gasteiger partial charge in [0.25, 0.3) is 0 Å². The molecule has 0 aliphatic carbocycles. The Labute approximate surface area is 160 Å². The second kappa shape index (κ2) is 8.10. The Morgan fingerprint density at radius 3 is 2.41 bits per heavy atom. The molecule has 6 nitrogen and oxygen atoms in total. The Hall–Kier alpha value is -2.38. The van der Waals surface area contributed by atoms with E-state index < -0.39 is 16.1 Å². The van der Waals surface area contributed by atoms with Gasteiger partial charge in [0.1, 0.15) is 6.04 Å². The highest BCUT2D eigenvalue weighted by atomic mass is 32.2. The molecule has 7 heteroatoms. The maximum atomic E-state index is 12.9. The number of anilines is 1. The lowest BCUT2D eigenvalue weighted by Crippen LogP contribution is -2.45. The molecule has 0 saturated carbocycles. The van der Waals surface area contributed by atoms with Crippen LogP contribution in [0.5, 0.6) is 0 Å². The molecule has 1 heterocycles. The van der Waals surface area contributed by atoms with Gasteiger partial charge in [-0.2, -0.15) is 4.31 Å². The van der Waals surface area contributed by atoms with Gasteiger partial charge in [-0.15, -0.1) is 0 Å². The van der Waals surface area contributed by atoms with Gasteiger partial charge in [-0.3, -0.25) is 4.79 Å². The maximum Gasteiger partial charge on any atom is 0.243 e. The van der Waals surface area contributed by atoms with Crippen molar-refractivity contribution in [2.75, 3.05) is 25.5 Å². The summed E-state index contributed by atoms with van der Waals surface area (Å²) in [6.07, 6.45) is 1.22. The lowest BCUT2D eigenvalue weighted by molar-refractivity contribution is -0.124. The van der Waals surface area contributed by atoms with Crippen molar-refractivity contribution in [3.05, 3.63) is 60.2 Å². The van der Waals surface area contributed by atoms with Crippen LogP contribution in [0, 0.1) is 0 Å². The Balaban J connectivity index is 1.67. The minimum Gasteiger partial charge on any atom is -0.378 e. The predicted octanol–water partition coefficient (Wildman–Crippen LogP) is 2.22. The number of hydrogen-bond donors (Lipinski definition) is 1. The SMILES string of the molecule is CN(C)c1ccc(CNC(=O)C2CCCN2S(=O)(=O)c2ccccc2)cc1. The van der Waals surface area contributed by atoms with Crippen molar-refractivity contribution in [1.29, 1.82) is 0 Å². The normalized spacial score (nSPS) is 17.6. The molecule has 1 fully saturated rings. The molecule has 3 rings (SSSR count). The number of amides is 1. The van der Waals surface area contributed by atoms with Crippen LogP contribution in [-0.4, -0.2) is 45.3 Å². The highest BCUT2D eigenvalue weighted by molar-refractivity contribution is 7.89. The summed E-state index contributed by atoms with van der Waals surface area (Å²) >= 11 is 0. The van der Waals surface area contributed by atoms with Gasteiger partial charge in [-0.1, -0.05) is 30.3 Å². The van der Waals surface area contributed by atoms with Crippen molar-refractivity contribution in [2.45, 2.75) is 30.3 Å². The maximum absolute atomic E-state index is 12.9. The third kappa shape index (κ3) is 4.31. The minimum absolute atomic E-state index is 0.226. The lowest BCUT2D eigenvalue weighted by Gasteiger charge is -2.23. The molecular formula is C20H25N3O3S. The van der Waals surface area contributed by atoms with Gasteiger partial charge in [0.2, 0.25) is 15.9 Å². The van der Waals surface area contributed by atoms with Gasteiger partial charge >= 0.3 is 0 Å². The van der Waals surface area contributed by atoms with Gasteiger partial charge in [0.15, 0.2) is 0 Å². The van der Waals surface area contributed by atoms with Gasteiger partial charge in [0, 0.05) is 32.9 Å². The van der Waals surface area contributed by atoms with Crippen molar-refractivity contribution < 1.29 is 13.2 Å². The Kier molecular flexibility index (Phi) is 5.82. The topological polar surface area (TPSA) is 69.7 Å². The molecule has 1 saturated heterocycles. The Bertz CT molecular complexity index is 880. The van der Waals surface area contributed by atoms with E-state index in [4.69, 9.17) is 0 Å². The van der Waals surface area contributed by atoms with E-state index in [1.807, 2.05) is 43.3 Å². The zero-order chi connectivity index (χ0) is 19.4. The highest BCUT2D eigenvalue weighted by Crippen LogP contribution is 2.26. The van der Waals surface area contributed by atoms with E-state index >= 15 is 0 Å². The van der Waals surface area contributed by atoms with Crippen molar-refractivity contribution in [1.82, 2.24) is 9.62 Å². The molecule has 1 aliphatic heterocycles. The molecule has 0 aromatic heterocycles. The molecule has 27 heavy (non-hydrogen) atoms. The first kappa shape index (κ1) is 19.4. The molecule has 1 unspecified atom stereocenters. The third-order valence-corrected chi connectivity index (χ3v) is 6.70. The third-order valence-electron chi connectivity index (χ3n) is 4.78. The summed E-state index contributed by atoms with van der Waals surface area (Å²) in [4.78, 5) is 14.9. The highest BCUT2D eigenvalue weighted by Gasteiger charge is 2.39. The number of carbonyl (C=O) groups is 1. The van der Waals surface area contributed by atoms with E-state index in [9.17, 15) is 13.2 Å². The van der Waals surface area contributed by atoms with Crippen LogP contribution in [0.1, 0.15) is 18.4 Å². The van der Waals surface area contributed by atoms with E-state index in [0.717, 1.165) is 11.3 Å². The summed E-state index contributed by atoms with van der Waals surface area (Å²) in [5.74, 6) is -0.247. The summed E-state index contributed by atoms with van der Waals surface area (Å²) in [7, 11) is 0.278. The fourth-order valence-corrected chi connectivity index (χ4v) is 4.91. The number of hydrogen-bond acceptors (Lipinski definition) is 4. The van der Waals surface area contributed by atoms with Gasteiger partial charge in [-0.05, 0) is 42.7 Å². The number of sulfonamides is 1. The van der Waals surface area contributed by atoms with E-state index in [2.05, 4.69) is 5.32 Å². The first-order chi connectivity index (χ1) is 12.9. The van der Waals surface area contributed by atoms with E-state index in [1.54, 1.807) is 30.3 Å². The van der Waals surface area contributed by atoms with Gasteiger partial charge in [0.05, 0.1) is 4.90 Å². The quantitative estimate of drug-likeness (QED) is 0.825. The standard InChI is InChI=1S/C20H25N3O3S/c1-22(2)17-12-10-16(11-13-17)15-21-20(24)19-9-6-14-23(19)27(25,26)18-7-4-3-5-8-18/h3-5,7-8,10-13,19H,6,9,14-15H2,1-2H3,(H,21,24). The lowest BCUT2D eigenvalue weighted by atomic mass is 10.2. The molecule has 1 amide bonds. The number of rotatable bonds is 6. The summed E-state index contributed by atoms with van der Waals surface area (Å²) in [5.41, 5.74) is 2.06. The van der Waals surface area contributed by atoms with Crippen molar-refractivity contribution in [2.24, 2.45) is 0 Å². The molecule has 0 spiro atoms. The first-order valence-electron chi connectivity index (χ1n) is 9.00. The van der Waals surface area contributed by atoms with Crippen LogP contribution in [0.4, 0.5) is 5.69 Å². The molecule has 2 aromatic rings. The zero-order valence-electron chi connectivity index (χ0n) is 15.6. The number of carbonyl (C=O) groups excluding carboxylic acids is 1. The summed E-state index contributed by atoms with van der Waals surface area (Å²) in [6, 6.07) is 15.5. The van der Waals surface area contributed by atoms with E-state index in [1.165, 1.54) is 4.31 Å². The van der Waals surface area contributed by atoms with Gasteiger partial charge in [-0.25, -0.2) is 8.42 Å². The zero-order valence-corrected chi connectivity index (χ0v) is 16.4. The van der Waals surface area contributed by atoms with Crippen LogP contribution in [0.15, 0.2) is 59.5 Å². The fraction of sp³-hybridized carbons (Fsp3) is 0.350. The molecule has 1 aliphatic rings. The summed E-state index contributed by atoms with van der Waals surface area (Å²) in [6.45, 7) is 0.745. The largest absolute Gasteiger partial charge is 0.378 e. The van der Waals surface area contributed by atoms with Crippen LogP contribution >= 0.6 is 0 Å². The van der Waals surface area contributed by atoms with Crippen molar-refractivity contribution in [3.8, 4) is 0 Å².